The predicted molar refractivity (Wildman–Crippen MR) is 29.0 cm³/mol. The third-order valence-corrected chi connectivity index (χ3v) is 0.714. The van der Waals surface area contributed by atoms with Crippen molar-refractivity contribution in [3.05, 3.63) is 18.0 Å². The molecule has 0 amide bonds. The van der Waals surface area contributed by atoms with E-state index in [9.17, 15) is 0 Å². The van der Waals surface area contributed by atoms with Crippen LogP contribution < -0.4 is 0 Å². The summed E-state index contributed by atoms with van der Waals surface area (Å²) in [6, 6.07) is 0. The summed E-state index contributed by atoms with van der Waals surface area (Å²) in [5.41, 5.74) is 0.757. The van der Waals surface area contributed by atoms with Crippen LogP contribution in [0.1, 0.15) is 12.6 Å². The third-order valence-electron chi connectivity index (χ3n) is 0.714. The average Bonchev–Trinajstić information content (AvgIpc) is 2.19. The second-order valence-electron chi connectivity index (χ2n) is 1.33. The maximum absolute atomic E-state index is 4.45. The average molecular weight is 110 g/mol. The van der Waals surface area contributed by atoms with E-state index in [-0.39, 0.29) is 0 Å². The van der Waals surface area contributed by atoms with E-state index >= 15 is 0 Å². The molecule has 3 heteroatoms. The van der Waals surface area contributed by atoms with Crippen molar-refractivity contribution < 1.29 is 4.52 Å². The lowest BCUT2D eigenvalue weighted by atomic mass is 10.4. The minimum absolute atomic E-state index is 0.757. The molecule has 0 saturated carbocycles. The Kier molecular flexibility index (Phi) is 1.42. The van der Waals surface area contributed by atoms with Crippen molar-refractivity contribution in [2.24, 2.45) is 0 Å². The molecular weight excluding hydrogens is 104 g/mol. The fourth-order valence-corrected chi connectivity index (χ4v) is 0.415. The highest BCUT2D eigenvalue weighted by Gasteiger charge is 1.85. The summed E-state index contributed by atoms with van der Waals surface area (Å²) in [4.78, 5) is 0. The van der Waals surface area contributed by atoms with Gasteiger partial charge in [0.05, 0.1) is 0 Å². The Morgan fingerprint density at radius 3 is 3.12 bits per heavy atom. The van der Waals surface area contributed by atoms with Gasteiger partial charge in [-0.25, -0.2) is 0 Å². The van der Waals surface area contributed by atoms with E-state index < -0.39 is 0 Å². The first kappa shape index (κ1) is 5.03. The number of hydrogen-bond acceptors (Lipinski definition) is 3. The summed E-state index contributed by atoms with van der Waals surface area (Å²) in [7, 11) is 0. The van der Waals surface area contributed by atoms with Gasteiger partial charge in [-0.2, -0.15) is 0 Å². The van der Waals surface area contributed by atoms with Crippen LogP contribution in [0.2, 0.25) is 0 Å². The van der Waals surface area contributed by atoms with Crippen molar-refractivity contribution >= 4 is 6.08 Å². The molecule has 0 bridgehead atoms. The summed E-state index contributed by atoms with van der Waals surface area (Å²) in [5.74, 6) is 0. The molecule has 0 aliphatic rings. The molecule has 42 valence electrons. The van der Waals surface area contributed by atoms with E-state index in [1.165, 1.54) is 6.26 Å². The van der Waals surface area contributed by atoms with Gasteiger partial charge in [0.25, 0.3) is 0 Å². The van der Waals surface area contributed by atoms with Gasteiger partial charge in [0.1, 0.15) is 5.69 Å². The van der Waals surface area contributed by atoms with E-state index in [1.807, 2.05) is 19.1 Å². The highest BCUT2D eigenvalue weighted by Crippen LogP contribution is 1.92. The van der Waals surface area contributed by atoms with Crippen molar-refractivity contribution in [2.45, 2.75) is 6.92 Å². The van der Waals surface area contributed by atoms with Crippen molar-refractivity contribution in [1.29, 1.82) is 0 Å². The Morgan fingerprint density at radius 2 is 2.62 bits per heavy atom. The van der Waals surface area contributed by atoms with Gasteiger partial charge in [-0.05, 0) is 13.0 Å². The largest absolute Gasteiger partial charge is 0.345 e. The van der Waals surface area contributed by atoms with Crippen LogP contribution in [0.5, 0.6) is 0 Å². The second-order valence-corrected chi connectivity index (χ2v) is 1.33. The Labute approximate surface area is 47.0 Å². The zero-order chi connectivity index (χ0) is 5.82. The molecule has 0 saturated heterocycles. The SMILES string of the molecule is CC=Cc1conn1. The van der Waals surface area contributed by atoms with Gasteiger partial charge >= 0.3 is 0 Å². The molecule has 0 atom stereocenters. The van der Waals surface area contributed by atoms with Gasteiger partial charge in [-0.3, -0.25) is 0 Å². The van der Waals surface area contributed by atoms with E-state index in [0.717, 1.165) is 5.69 Å². The number of nitrogens with zero attached hydrogens (tertiary/aromatic N) is 2. The zero-order valence-corrected chi connectivity index (χ0v) is 4.53. The molecule has 3 nitrogen and oxygen atoms in total. The highest BCUT2D eigenvalue weighted by atomic mass is 16.5. The van der Waals surface area contributed by atoms with Crippen molar-refractivity contribution in [1.82, 2.24) is 10.4 Å². The van der Waals surface area contributed by atoms with Gasteiger partial charge in [-0.15, -0.1) is 5.10 Å². The minimum Gasteiger partial charge on any atom is -0.345 e. The highest BCUT2D eigenvalue weighted by molar-refractivity contribution is 5.40. The molecule has 0 spiro atoms. The van der Waals surface area contributed by atoms with Gasteiger partial charge in [0, 0.05) is 5.27 Å². The molecule has 1 rings (SSSR count). The molecule has 1 heterocycles. The molecule has 0 aliphatic heterocycles. The van der Waals surface area contributed by atoms with Crippen LogP contribution in [0.15, 0.2) is 16.9 Å². The summed E-state index contributed by atoms with van der Waals surface area (Å²) in [5, 5.41) is 6.87. The molecule has 0 unspecified atom stereocenters. The van der Waals surface area contributed by atoms with E-state index in [0.29, 0.717) is 0 Å². The second kappa shape index (κ2) is 2.26. The van der Waals surface area contributed by atoms with Crippen LogP contribution >= 0.6 is 0 Å². The first-order chi connectivity index (χ1) is 3.93. The fourth-order valence-electron chi connectivity index (χ4n) is 0.415. The van der Waals surface area contributed by atoms with Crippen LogP contribution in [0.25, 0.3) is 6.08 Å². The smallest absolute Gasteiger partial charge is 0.151 e. The van der Waals surface area contributed by atoms with Gasteiger partial charge < -0.3 is 4.52 Å². The Bertz CT molecular complexity index is 167. The summed E-state index contributed by atoms with van der Waals surface area (Å²) in [6.45, 7) is 1.91. The van der Waals surface area contributed by atoms with Crippen molar-refractivity contribution in [2.75, 3.05) is 0 Å². The molecule has 8 heavy (non-hydrogen) atoms. The lowest BCUT2D eigenvalue weighted by molar-refractivity contribution is 0.393. The summed E-state index contributed by atoms with van der Waals surface area (Å²) >= 11 is 0. The number of aromatic nitrogens is 2. The van der Waals surface area contributed by atoms with Crippen LogP contribution in [0.3, 0.4) is 0 Å². The first-order valence-electron chi connectivity index (χ1n) is 2.33. The molecule has 0 fully saturated rings. The monoisotopic (exact) mass is 110 g/mol. The summed E-state index contributed by atoms with van der Waals surface area (Å²) < 4.78 is 4.45. The topological polar surface area (TPSA) is 38.9 Å². The molecular formula is C5H6N2O. The minimum atomic E-state index is 0.757. The third kappa shape index (κ3) is 0.932. The number of rotatable bonds is 1. The van der Waals surface area contributed by atoms with Gasteiger partial charge in [0.2, 0.25) is 0 Å². The zero-order valence-electron chi connectivity index (χ0n) is 4.53. The Morgan fingerprint density at radius 1 is 1.75 bits per heavy atom. The molecule has 0 aliphatic carbocycles. The first-order valence-corrected chi connectivity index (χ1v) is 2.33. The number of hydrogen-bond donors (Lipinski definition) is 0. The summed E-state index contributed by atoms with van der Waals surface area (Å²) in [6.07, 6.45) is 5.18. The molecule has 0 aromatic carbocycles. The molecule has 1 aromatic rings. The van der Waals surface area contributed by atoms with E-state index in [2.05, 4.69) is 14.9 Å². The standard InChI is InChI=1S/C5H6N2O/c1-2-3-5-4-8-7-6-5/h2-4H,1H3. The lowest BCUT2D eigenvalue weighted by Crippen LogP contribution is -1.67. The predicted octanol–water partition coefficient (Wildman–Crippen LogP) is 1.10. The maximum Gasteiger partial charge on any atom is 0.151 e. The number of allylic oxidation sites excluding steroid dienone is 1. The maximum atomic E-state index is 4.45. The van der Waals surface area contributed by atoms with Crippen LogP contribution in [-0.4, -0.2) is 10.4 Å². The van der Waals surface area contributed by atoms with Crippen LogP contribution in [-0.2, 0) is 0 Å². The quantitative estimate of drug-likeness (QED) is 0.543. The van der Waals surface area contributed by atoms with E-state index in [1.54, 1.807) is 0 Å². The molecule has 0 N–H and O–H groups in total. The normalized spacial score (nSPS) is 10.6. The van der Waals surface area contributed by atoms with Crippen molar-refractivity contribution in [3.8, 4) is 0 Å². The van der Waals surface area contributed by atoms with Crippen LogP contribution in [0, 0.1) is 0 Å². The molecule has 1 aromatic heterocycles. The van der Waals surface area contributed by atoms with Crippen molar-refractivity contribution in [3.63, 3.8) is 0 Å². The lowest BCUT2D eigenvalue weighted by Gasteiger charge is -1.69. The van der Waals surface area contributed by atoms with Gasteiger partial charge in [0.15, 0.2) is 6.26 Å². The fraction of sp³-hybridized carbons (Fsp3) is 0.200. The van der Waals surface area contributed by atoms with E-state index in [4.69, 9.17) is 0 Å². The molecule has 0 radical (unpaired) electrons. The van der Waals surface area contributed by atoms with Gasteiger partial charge in [-0.1, -0.05) is 6.08 Å². The van der Waals surface area contributed by atoms with Crippen LogP contribution in [0.4, 0.5) is 0 Å². The Balaban J connectivity index is 2.77. The Hall–Kier alpha value is -1.12.